The van der Waals surface area contributed by atoms with Gasteiger partial charge in [-0.05, 0) is 28.1 Å². The van der Waals surface area contributed by atoms with Crippen molar-refractivity contribution in [2.75, 3.05) is 7.11 Å². The van der Waals surface area contributed by atoms with Gasteiger partial charge in [-0.15, -0.1) is 0 Å². The third-order valence-corrected chi connectivity index (χ3v) is 3.01. The Morgan fingerprint density at radius 2 is 2.18 bits per heavy atom. The summed E-state index contributed by atoms with van der Waals surface area (Å²) in [6.45, 7) is 0. The van der Waals surface area contributed by atoms with E-state index in [1.165, 1.54) is 7.11 Å². The van der Waals surface area contributed by atoms with Gasteiger partial charge in [-0.1, -0.05) is 0 Å². The minimum Gasteiger partial charge on any atom is -0.496 e. The van der Waals surface area contributed by atoms with Gasteiger partial charge < -0.3 is 14.8 Å². The van der Waals surface area contributed by atoms with Crippen molar-refractivity contribution in [1.82, 2.24) is 4.98 Å². The van der Waals surface area contributed by atoms with E-state index in [1.54, 1.807) is 12.1 Å². The molecule has 0 atom stereocenters. The highest BCUT2D eigenvalue weighted by Crippen LogP contribution is 2.27. The fourth-order valence-corrected chi connectivity index (χ4v) is 2.01. The van der Waals surface area contributed by atoms with Gasteiger partial charge in [-0.2, -0.15) is 0 Å². The summed E-state index contributed by atoms with van der Waals surface area (Å²) in [5.41, 5.74) is -0.139. The summed E-state index contributed by atoms with van der Waals surface area (Å²) in [7, 11) is 1.45. The van der Waals surface area contributed by atoms with Gasteiger partial charge in [-0.3, -0.25) is 4.79 Å². The molecule has 0 fully saturated rings. The molecule has 0 aliphatic carbocycles. The average molecular weight is 298 g/mol. The number of aromatic carboxylic acids is 1. The van der Waals surface area contributed by atoms with Gasteiger partial charge in [0, 0.05) is 10.5 Å². The van der Waals surface area contributed by atoms with Crippen LogP contribution in [0.5, 0.6) is 5.75 Å². The zero-order chi connectivity index (χ0) is 12.6. The Labute approximate surface area is 104 Å². The first-order valence-corrected chi connectivity index (χ1v) is 5.46. The van der Waals surface area contributed by atoms with Gasteiger partial charge in [0.05, 0.1) is 18.0 Å². The van der Waals surface area contributed by atoms with Crippen LogP contribution in [-0.2, 0) is 0 Å². The molecule has 0 bridgehead atoms. The summed E-state index contributed by atoms with van der Waals surface area (Å²) < 4.78 is 5.68. The van der Waals surface area contributed by atoms with E-state index in [0.717, 1.165) is 6.07 Å². The standard InChI is InChI=1S/C11H8BrNO4/c1-17-8-3-2-5(12)10-9(8)7(14)4-6(13-10)11(15)16/h2-4H,1H3,(H,13,14)(H,15,16). The number of pyridine rings is 1. The first kappa shape index (κ1) is 11.7. The van der Waals surface area contributed by atoms with Gasteiger partial charge in [0.25, 0.3) is 0 Å². The maximum Gasteiger partial charge on any atom is 0.352 e. The minimum atomic E-state index is -1.18. The normalized spacial score (nSPS) is 10.5. The Kier molecular flexibility index (Phi) is 2.89. The van der Waals surface area contributed by atoms with E-state index >= 15 is 0 Å². The van der Waals surface area contributed by atoms with E-state index in [1.807, 2.05) is 0 Å². The van der Waals surface area contributed by atoms with Crippen molar-refractivity contribution in [3.05, 3.63) is 38.6 Å². The summed E-state index contributed by atoms with van der Waals surface area (Å²) in [4.78, 5) is 25.4. The maximum absolute atomic E-state index is 11.9. The molecule has 0 radical (unpaired) electrons. The molecule has 88 valence electrons. The Morgan fingerprint density at radius 3 is 2.76 bits per heavy atom. The molecule has 1 heterocycles. The van der Waals surface area contributed by atoms with Crippen molar-refractivity contribution in [3.8, 4) is 5.75 Å². The number of aromatic nitrogens is 1. The number of hydrogen-bond donors (Lipinski definition) is 2. The van der Waals surface area contributed by atoms with E-state index in [2.05, 4.69) is 20.9 Å². The monoisotopic (exact) mass is 297 g/mol. The zero-order valence-electron chi connectivity index (χ0n) is 8.78. The number of halogens is 1. The molecular weight excluding hydrogens is 290 g/mol. The van der Waals surface area contributed by atoms with Crippen LogP contribution in [0, 0.1) is 0 Å². The number of carboxylic acid groups (broad SMARTS) is 1. The molecular formula is C11H8BrNO4. The van der Waals surface area contributed by atoms with Crippen LogP contribution in [0.2, 0.25) is 0 Å². The molecule has 6 heteroatoms. The Hall–Kier alpha value is -1.82. The number of rotatable bonds is 2. The molecule has 0 saturated carbocycles. The number of benzene rings is 1. The molecule has 5 nitrogen and oxygen atoms in total. The quantitative estimate of drug-likeness (QED) is 0.888. The molecule has 0 amide bonds. The van der Waals surface area contributed by atoms with Crippen molar-refractivity contribution in [3.63, 3.8) is 0 Å². The second-order valence-electron chi connectivity index (χ2n) is 3.35. The van der Waals surface area contributed by atoms with Crippen LogP contribution in [0.1, 0.15) is 10.5 Å². The van der Waals surface area contributed by atoms with Crippen LogP contribution in [0.4, 0.5) is 0 Å². The molecule has 0 saturated heterocycles. The zero-order valence-corrected chi connectivity index (χ0v) is 10.4. The van der Waals surface area contributed by atoms with Gasteiger partial charge in [0.2, 0.25) is 0 Å². The molecule has 2 rings (SSSR count). The first-order chi connectivity index (χ1) is 8.04. The van der Waals surface area contributed by atoms with Crippen molar-refractivity contribution in [1.29, 1.82) is 0 Å². The molecule has 1 aromatic carbocycles. The fourth-order valence-electron chi connectivity index (χ4n) is 1.58. The Balaban J connectivity index is 2.94. The largest absolute Gasteiger partial charge is 0.496 e. The van der Waals surface area contributed by atoms with E-state index in [9.17, 15) is 9.59 Å². The van der Waals surface area contributed by atoms with E-state index in [4.69, 9.17) is 9.84 Å². The lowest BCUT2D eigenvalue weighted by Gasteiger charge is -2.07. The van der Waals surface area contributed by atoms with Crippen LogP contribution >= 0.6 is 15.9 Å². The van der Waals surface area contributed by atoms with E-state index < -0.39 is 11.4 Å². The molecule has 2 aromatic rings. The van der Waals surface area contributed by atoms with Crippen molar-refractivity contribution >= 4 is 32.8 Å². The van der Waals surface area contributed by atoms with Crippen molar-refractivity contribution in [2.24, 2.45) is 0 Å². The molecule has 0 aliphatic rings. The smallest absolute Gasteiger partial charge is 0.352 e. The summed E-state index contributed by atoms with van der Waals surface area (Å²) >= 11 is 3.26. The summed E-state index contributed by atoms with van der Waals surface area (Å²) in [5.74, 6) is -0.778. The van der Waals surface area contributed by atoms with Gasteiger partial charge in [0.1, 0.15) is 11.4 Å². The highest BCUT2D eigenvalue weighted by molar-refractivity contribution is 9.10. The first-order valence-electron chi connectivity index (χ1n) is 4.67. The number of hydrogen-bond acceptors (Lipinski definition) is 3. The molecule has 17 heavy (non-hydrogen) atoms. The third-order valence-electron chi connectivity index (χ3n) is 2.35. The van der Waals surface area contributed by atoms with Gasteiger partial charge in [-0.25, -0.2) is 4.79 Å². The number of methoxy groups -OCH3 is 1. The van der Waals surface area contributed by atoms with Crippen LogP contribution in [-0.4, -0.2) is 23.2 Å². The lowest BCUT2D eigenvalue weighted by Crippen LogP contribution is -2.10. The van der Waals surface area contributed by atoms with Crippen LogP contribution in [0.15, 0.2) is 27.5 Å². The summed E-state index contributed by atoms with van der Waals surface area (Å²) in [6.07, 6.45) is 0. The summed E-state index contributed by atoms with van der Waals surface area (Å²) in [5, 5.41) is 9.20. The average Bonchev–Trinajstić information content (AvgIpc) is 2.30. The number of ether oxygens (including phenoxy) is 1. The van der Waals surface area contributed by atoms with Crippen molar-refractivity contribution < 1.29 is 14.6 Å². The van der Waals surface area contributed by atoms with Gasteiger partial charge in [0.15, 0.2) is 5.43 Å². The Morgan fingerprint density at radius 1 is 1.47 bits per heavy atom. The molecule has 0 aliphatic heterocycles. The highest BCUT2D eigenvalue weighted by Gasteiger charge is 2.13. The van der Waals surface area contributed by atoms with Crippen LogP contribution < -0.4 is 10.2 Å². The highest BCUT2D eigenvalue weighted by atomic mass is 79.9. The van der Waals surface area contributed by atoms with Crippen LogP contribution in [0.3, 0.4) is 0 Å². The molecule has 0 spiro atoms. The van der Waals surface area contributed by atoms with Gasteiger partial charge >= 0.3 is 5.97 Å². The number of carboxylic acids is 1. The maximum atomic E-state index is 11.9. The van der Waals surface area contributed by atoms with E-state index in [-0.39, 0.29) is 5.69 Å². The molecule has 0 unspecified atom stereocenters. The fraction of sp³-hybridized carbons (Fsp3) is 0.0909. The number of carbonyl (C=O) groups is 1. The van der Waals surface area contributed by atoms with Crippen molar-refractivity contribution in [2.45, 2.75) is 0 Å². The topological polar surface area (TPSA) is 79.4 Å². The predicted octanol–water partition coefficient (Wildman–Crippen LogP) is 2.00. The second-order valence-corrected chi connectivity index (χ2v) is 4.21. The lowest BCUT2D eigenvalue weighted by atomic mass is 10.1. The number of H-pyrrole nitrogens is 1. The predicted molar refractivity (Wildman–Crippen MR) is 65.8 cm³/mol. The SMILES string of the molecule is COc1ccc(Br)c2[nH]c(C(=O)O)cc(=O)c12. The third kappa shape index (κ3) is 1.91. The summed E-state index contributed by atoms with van der Waals surface area (Å²) in [6, 6.07) is 4.37. The molecule has 2 N–H and O–H groups in total. The lowest BCUT2D eigenvalue weighted by molar-refractivity contribution is 0.0691. The second kappa shape index (κ2) is 4.21. The number of nitrogens with one attached hydrogen (secondary N) is 1. The minimum absolute atomic E-state index is 0.156. The number of aromatic amines is 1. The Bertz CT molecular complexity index is 662. The van der Waals surface area contributed by atoms with E-state index in [0.29, 0.717) is 21.1 Å². The number of fused-ring (bicyclic) bond motifs is 1. The molecule has 1 aromatic heterocycles. The van der Waals surface area contributed by atoms with Crippen LogP contribution in [0.25, 0.3) is 10.9 Å².